The number of primary amides is 1. The van der Waals surface area contributed by atoms with Crippen LogP contribution in [0.3, 0.4) is 0 Å². The minimum atomic E-state index is -0.690. The molecule has 0 saturated heterocycles. The summed E-state index contributed by atoms with van der Waals surface area (Å²) >= 11 is 0. The van der Waals surface area contributed by atoms with Crippen molar-refractivity contribution >= 4 is 5.91 Å². The van der Waals surface area contributed by atoms with Crippen LogP contribution in [0, 0.1) is 5.82 Å². The Labute approximate surface area is 93.6 Å². The van der Waals surface area contributed by atoms with Crippen LogP contribution in [0.1, 0.15) is 18.5 Å². The summed E-state index contributed by atoms with van der Waals surface area (Å²) in [4.78, 5) is 11.1. The second-order valence-electron chi connectivity index (χ2n) is 3.25. The molecule has 0 bridgehead atoms. The summed E-state index contributed by atoms with van der Waals surface area (Å²) in [6.07, 6.45) is 0. The third-order valence-electron chi connectivity index (χ3n) is 2.16. The summed E-state index contributed by atoms with van der Waals surface area (Å²) < 4.78 is 18.5. The molecule has 88 valence electrons. The first-order valence-electron chi connectivity index (χ1n) is 4.99. The maximum Gasteiger partial charge on any atom is 0.239 e. The molecule has 0 aliphatic heterocycles. The van der Waals surface area contributed by atoms with Gasteiger partial charge in [-0.1, -0.05) is 6.07 Å². The van der Waals surface area contributed by atoms with E-state index in [4.69, 9.17) is 10.5 Å². The summed E-state index contributed by atoms with van der Waals surface area (Å²) in [5, 5.41) is 2.71. The molecule has 0 fully saturated rings. The van der Waals surface area contributed by atoms with Gasteiger partial charge in [0.1, 0.15) is 6.04 Å². The highest BCUT2D eigenvalue weighted by Crippen LogP contribution is 2.21. The predicted octanol–water partition coefficient (Wildman–Crippen LogP) is 0.970. The first-order chi connectivity index (χ1) is 7.60. The summed E-state index contributed by atoms with van der Waals surface area (Å²) in [5.41, 5.74) is 5.65. The number of hydrogen-bond donors (Lipinski definition) is 2. The van der Waals surface area contributed by atoms with Crippen LogP contribution in [0.4, 0.5) is 4.39 Å². The van der Waals surface area contributed by atoms with E-state index in [0.717, 1.165) is 0 Å². The van der Waals surface area contributed by atoms with E-state index in [9.17, 15) is 9.18 Å². The van der Waals surface area contributed by atoms with E-state index in [1.165, 1.54) is 12.1 Å². The Balaban J connectivity index is 2.99. The number of nitrogens with one attached hydrogen (secondary N) is 1. The highest BCUT2D eigenvalue weighted by atomic mass is 19.1. The fourth-order valence-corrected chi connectivity index (χ4v) is 1.44. The van der Waals surface area contributed by atoms with Gasteiger partial charge in [0, 0.05) is 0 Å². The Morgan fingerprint density at radius 3 is 2.75 bits per heavy atom. The fraction of sp³-hybridized carbons (Fsp3) is 0.364. The molecule has 1 aromatic carbocycles. The third kappa shape index (κ3) is 2.70. The second kappa shape index (κ2) is 5.46. The Hall–Kier alpha value is -1.62. The summed E-state index contributed by atoms with van der Waals surface area (Å²) in [5.74, 6) is -0.877. The number of carbonyl (C=O) groups is 1. The SMILES string of the molecule is CCOc1ccc(C(NC)C(N)=O)cc1F. The van der Waals surface area contributed by atoms with Gasteiger partial charge in [-0.05, 0) is 31.7 Å². The van der Waals surface area contributed by atoms with Gasteiger partial charge in [0.15, 0.2) is 11.6 Å². The topological polar surface area (TPSA) is 64.3 Å². The van der Waals surface area contributed by atoms with Gasteiger partial charge in [0.05, 0.1) is 6.61 Å². The Morgan fingerprint density at radius 2 is 2.31 bits per heavy atom. The number of rotatable bonds is 5. The van der Waals surface area contributed by atoms with Gasteiger partial charge >= 0.3 is 0 Å². The normalized spacial score (nSPS) is 12.2. The van der Waals surface area contributed by atoms with Crippen LogP contribution < -0.4 is 15.8 Å². The quantitative estimate of drug-likeness (QED) is 0.786. The van der Waals surface area contributed by atoms with Crippen LogP contribution >= 0.6 is 0 Å². The van der Waals surface area contributed by atoms with Crippen molar-refractivity contribution in [2.75, 3.05) is 13.7 Å². The summed E-state index contributed by atoms with van der Waals surface area (Å²) in [6.45, 7) is 2.16. The zero-order valence-corrected chi connectivity index (χ0v) is 9.29. The number of halogens is 1. The van der Waals surface area contributed by atoms with Gasteiger partial charge < -0.3 is 15.8 Å². The van der Waals surface area contributed by atoms with Gasteiger partial charge in [-0.25, -0.2) is 4.39 Å². The second-order valence-corrected chi connectivity index (χ2v) is 3.25. The molecule has 1 rings (SSSR count). The van der Waals surface area contributed by atoms with Crippen molar-refractivity contribution in [2.45, 2.75) is 13.0 Å². The molecular weight excluding hydrogens is 211 g/mol. The van der Waals surface area contributed by atoms with E-state index in [0.29, 0.717) is 12.2 Å². The molecule has 0 aromatic heterocycles. The van der Waals surface area contributed by atoms with E-state index in [1.807, 2.05) is 0 Å². The smallest absolute Gasteiger partial charge is 0.239 e. The Bertz CT molecular complexity index is 382. The third-order valence-corrected chi connectivity index (χ3v) is 2.16. The van der Waals surface area contributed by atoms with Crippen LogP contribution in [0.25, 0.3) is 0 Å². The minimum absolute atomic E-state index is 0.172. The van der Waals surface area contributed by atoms with Crippen LogP contribution in [0.2, 0.25) is 0 Å². The molecular formula is C11H15FN2O2. The maximum absolute atomic E-state index is 13.5. The molecule has 4 nitrogen and oxygen atoms in total. The average molecular weight is 226 g/mol. The van der Waals surface area contributed by atoms with Crippen LogP contribution in [-0.4, -0.2) is 19.6 Å². The molecule has 1 unspecified atom stereocenters. The van der Waals surface area contributed by atoms with Crippen molar-refractivity contribution in [3.05, 3.63) is 29.6 Å². The number of benzene rings is 1. The van der Waals surface area contributed by atoms with Crippen LogP contribution in [-0.2, 0) is 4.79 Å². The van der Waals surface area contributed by atoms with Crippen molar-refractivity contribution in [1.29, 1.82) is 0 Å². The van der Waals surface area contributed by atoms with Crippen molar-refractivity contribution < 1.29 is 13.9 Å². The van der Waals surface area contributed by atoms with Crippen LogP contribution in [0.15, 0.2) is 18.2 Å². The Kier molecular flexibility index (Phi) is 4.25. The molecule has 0 saturated carbocycles. The molecule has 1 amide bonds. The predicted molar refractivity (Wildman–Crippen MR) is 58.6 cm³/mol. The molecule has 0 heterocycles. The van der Waals surface area contributed by atoms with Gasteiger partial charge in [-0.2, -0.15) is 0 Å². The largest absolute Gasteiger partial charge is 0.491 e. The van der Waals surface area contributed by atoms with E-state index in [1.54, 1.807) is 20.0 Å². The lowest BCUT2D eigenvalue weighted by Gasteiger charge is -2.13. The molecule has 0 aliphatic carbocycles. The van der Waals surface area contributed by atoms with Crippen molar-refractivity contribution in [1.82, 2.24) is 5.32 Å². The zero-order valence-electron chi connectivity index (χ0n) is 9.29. The summed E-state index contributed by atoms with van der Waals surface area (Å²) in [6, 6.07) is 3.66. The van der Waals surface area contributed by atoms with Crippen LogP contribution in [0.5, 0.6) is 5.75 Å². The maximum atomic E-state index is 13.5. The van der Waals surface area contributed by atoms with E-state index < -0.39 is 17.8 Å². The first kappa shape index (κ1) is 12.4. The minimum Gasteiger partial charge on any atom is -0.491 e. The lowest BCUT2D eigenvalue weighted by molar-refractivity contribution is -0.120. The monoisotopic (exact) mass is 226 g/mol. The van der Waals surface area contributed by atoms with Crippen molar-refractivity contribution in [3.63, 3.8) is 0 Å². The molecule has 3 N–H and O–H groups in total. The number of nitrogens with two attached hydrogens (primary N) is 1. The summed E-state index contributed by atoms with van der Waals surface area (Å²) in [7, 11) is 1.59. The Morgan fingerprint density at radius 1 is 1.62 bits per heavy atom. The lowest BCUT2D eigenvalue weighted by Crippen LogP contribution is -2.31. The standard InChI is InChI=1S/C11H15FN2O2/c1-3-16-9-5-4-7(6-8(9)12)10(14-2)11(13)15/h4-6,10,14H,3H2,1-2H3,(H2,13,15). The number of carbonyl (C=O) groups excluding carboxylic acids is 1. The zero-order chi connectivity index (χ0) is 12.1. The number of likely N-dealkylation sites (N-methyl/N-ethyl adjacent to an activating group) is 1. The molecule has 0 radical (unpaired) electrons. The highest BCUT2D eigenvalue weighted by Gasteiger charge is 2.17. The molecule has 5 heteroatoms. The molecule has 0 spiro atoms. The lowest BCUT2D eigenvalue weighted by atomic mass is 10.1. The molecule has 0 aliphatic rings. The van der Waals surface area contributed by atoms with Crippen molar-refractivity contribution in [3.8, 4) is 5.75 Å². The van der Waals surface area contributed by atoms with Gasteiger partial charge in [0.25, 0.3) is 0 Å². The van der Waals surface area contributed by atoms with Gasteiger partial charge in [-0.15, -0.1) is 0 Å². The average Bonchev–Trinajstić information content (AvgIpc) is 2.22. The van der Waals surface area contributed by atoms with Gasteiger partial charge in [-0.3, -0.25) is 4.79 Å². The fourth-order valence-electron chi connectivity index (χ4n) is 1.44. The van der Waals surface area contributed by atoms with E-state index >= 15 is 0 Å². The van der Waals surface area contributed by atoms with E-state index in [-0.39, 0.29) is 5.75 Å². The number of hydrogen-bond acceptors (Lipinski definition) is 3. The first-order valence-corrected chi connectivity index (χ1v) is 4.99. The van der Waals surface area contributed by atoms with Crippen molar-refractivity contribution in [2.24, 2.45) is 5.73 Å². The number of ether oxygens (including phenoxy) is 1. The molecule has 16 heavy (non-hydrogen) atoms. The van der Waals surface area contributed by atoms with Gasteiger partial charge in [0.2, 0.25) is 5.91 Å². The number of amides is 1. The molecule has 1 atom stereocenters. The molecule has 1 aromatic rings. The van der Waals surface area contributed by atoms with E-state index in [2.05, 4.69) is 5.32 Å². The highest BCUT2D eigenvalue weighted by molar-refractivity contribution is 5.81.